The summed E-state index contributed by atoms with van der Waals surface area (Å²) in [5.41, 5.74) is 5.77. The summed E-state index contributed by atoms with van der Waals surface area (Å²) >= 11 is 13.3. The van der Waals surface area contributed by atoms with Gasteiger partial charge in [-0.15, -0.1) is 0 Å². The Kier molecular flexibility index (Phi) is 7.53. The van der Waals surface area contributed by atoms with Crippen LogP contribution in [0.1, 0.15) is 26.3 Å². The first-order valence-corrected chi connectivity index (χ1v) is 10.5. The minimum absolute atomic E-state index is 0.569. The standard InChI is InChI=1S/C22H27Cl2N5/c1-4-19(22(18(24)11-15(2)3)29-9-7-25-8-10-29)28-14-16-12-20-21(13-17(16)23)27-6-5-26-20/h4-6,11-13,25,28H,7-10,14H2,1-3H3/b19-4+,22-18-. The van der Waals surface area contributed by atoms with Gasteiger partial charge < -0.3 is 15.5 Å². The van der Waals surface area contributed by atoms with Crippen molar-refractivity contribution in [2.45, 2.75) is 27.3 Å². The third-order valence-corrected chi connectivity index (χ3v) is 5.37. The molecule has 1 aromatic carbocycles. The second-order valence-corrected chi connectivity index (χ2v) is 8.01. The molecule has 0 unspecified atom stereocenters. The van der Waals surface area contributed by atoms with E-state index in [1.807, 2.05) is 25.1 Å². The number of rotatable bonds is 6. The smallest absolute Gasteiger partial charge is 0.0901 e. The lowest BCUT2D eigenvalue weighted by molar-refractivity contribution is 0.300. The summed E-state index contributed by atoms with van der Waals surface area (Å²) in [4.78, 5) is 11.0. The summed E-state index contributed by atoms with van der Waals surface area (Å²) in [5, 5.41) is 8.34. The Hall–Kier alpha value is -2.08. The van der Waals surface area contributed by atoms with Gasteiger partial charge in [0.25, 0.3) is 0 Å². The molecule has 1 aliphatic heterocycles. The zero-order valence-electron chi connectivity index (χ0n) is 17.1. The van der Waals surface area contributed by atoms with Crippen LogP contribution in [0.15, 0.2) is 58.7 Å². The van der Waals surface area contributed by atoms with E-state index in [0.29, 0.717) is 11.6 Å². The average molecular weight is 432 g/mol. The summed E-state index contributed by atoms with van der Waals surface area (Å²) in [5.74, 6) is 0. The van der Waals surface area contributed by atoms with Gasteiger partial charge in [-0.1, -0.05) is 34.9 Å². The number of aromatic nitrogens is 2. The van der Waals surface area contributed by atoms with Crippen LogP contribution in [0.3, 0.4) is 0 Å². The van der Waals surface area contributed by atoms with E-state index >= 15 is 0 Å². The van der Waals surface area contributed by atoms with Crippen molar-refractivity contribution in [3.63, 3.8) is 0 Å². The molecular weight excluding hydrogens is 405 g/mol. The van der Waals surface area contributed by atoms with Gasteiger partial charge in [0.1, 0.15) is 0 Å². The van der Waals surface area contributed by atoms with E-state index in [-0.39, 0.29) is 0 Å². The normalized spacial score (nSPS) is 15.9. The molecule has 0 atom stereocenters. The molecule has 0 spiro atoms. The molecule has 0 radical (unpaired) electrons. The van der Waals surface area contributed by atoms with E-state index in [0.717, 1.165) is 64.8 Å². The van der Waals surface area contributed by atoms with Crippen LogP contribution < -0.4 is 10.6 Å². The molecule has 0 bridgehead atoms. The van der Waals surface area contributed by atoms with Crippen molar-refractivity contribution in [1.82, 2.24) is 25.5 Å². The number of fused-ring (bicyclic) bond motifs is 1. The highest BCUT2D eigenvalue weighted by Crippen LogP contribution is 2.26. The maximum atomic E-state index is 6.76. The molecule has 5 nitrogen and oxygen atoms in total. The third-order valence-electron chi connectivity index (χ3n) is 4.73. The minimum atomic E-state index is 0.569. The molecule has 3 rings (SSSR count). The highest BCUT2D eigenvalue weighted by molar-refractivity contribution is 6.32. The van der Waals surface area contributed by atoms with Crippen LogP contribution in [-0.2, 0) is 6.54 Å². The van der Waals surface area contributed by atoms with Crippen LogP contribution in [-0.4, -0.2) is 41.0 Å². The predicted molar refractivity (Wildman–Crippen MR) is 122 cm³/mol. The number of hydrogen-bond acceptors (Lipinski definition) is 5. The monoisotopic (exact) mass is 431 g/mol. The van der Waals surface area contributed by atoms with Gasteiger partial charge in [0.05, 0.1) is 27.5 Å². The quantitative estimate of drug-likeness (QED) is 0.654. The topological polar surface area (TPSA) is 53.1 Å². The largest absolute Gasteiger partial charge is 0.379 e. The van der Waals surface area contributed by atoms with Crippen LogP contribution >= 0.6 is 23.2 Å². The van der Waals surface area contributed by atoms with E-state index in [4.69, 9.17) is 23.2 Å². The van der Waals surface area contributed by atoms with E-state index < -0.39 is 0 Å². The fraction of sp³-hybridized carbons (Fsp3) is 0.364. The summed E-state index contributed by atoms with van der Waals surface area (Å²) in [6.45, 7) is 10.4. The number of nitrogens with zero attached hydrogens (tertiary/aromatic N) is 3. The maximum absolute atomic E-state index is 6.76. The van der Waals surface area contributed by atoms with Crippen LogP contribution in [0.25, 0.3) is 11.0 Å². The fourth-order valence-corrected chi connectivity index (χ4v) is 4.00. The van der Waals surface area contributed by atoms with Gasteiger partial charge in [-0.3, -0.25) is 9.97 Å². The molecule has 2 aromatic rings. The van der Waals surface area contributed by atoms with Crippen LogP contribution in [0, 0.1) is 0 Å². The first kappa shape index (κ1) is 21.6. The molecule has 7 heteroatoms. The Morgan fingerprint density at radius 2 is 1.83 bits per heavy atom. The van der Waals surface area contributed by atoms with Crippen LogP contribution in [0.4, 0.5) is 0 Å². The van der Waals surface area contributed by atoms with Crippen molar-refractivity contribution >= 4 is 34.2 Å². The highest BCUT2D eigenvalue weighted by Gasteiger charge is 2.19. The molecule has 154 valence electrons. The number of piperazine rings is 1. The lowest BCUT2D eigenvalue weighted by Crippen LogP contribution is -2.44. The summed E-state index contributed by atoms with van der Waals surface area (Å²) in [6.07, 6.45) is 7.44. The highest BCUT2D eigenvalue weighted by atomic mass is 35.5. The number of nitrogens with one attached hydrogen (secondary N) is 2. The van der Waals surface area contributed by atoms with E-state index in [2.05, 4.69) is 45.4 Å². The average Bonchev–Trinajstić information content (AvgIpc) is 2.71. The first-order valence-electron chi connectivity index (χ1n) is 9.79. The second kappa shape index (κ2) is 10.1. The Morgan fingerprint density at radius 3 is 2.45 bits per heavy atom. The van der Waals surface area contributed by atoms with Gasteiger partial charge in [0.15, 0.2) is 0 Å². The summed E-state index contributed by atoms with van der Waals surface area (Å²) in [7, 11) is 0. The van der Waals surface area contributed by atoms with Crippen molar-refractivity contribution in [3.05, 3.63) is 69.3 Å². The molecule has 1 fully saturated rings. The molecule has 1 saturated heterocycles. The second-order valence-electron chi connectivity index (χ2n) is 7.20. The molecular formula is C22H27Cl2N5. The Morgan fingerprint density at radius 1 is 1.17 bits per heavy atom. The summed E-state index contributed by atoms with van der Waals surface area (Å²) < 4.78 is 0. The Balaban J connectivity index is 1.88. The lowest BCUT2D eigenvalue weighted by Gasteiger charge is -2.33. The molecule has 0 amide bonds. The minimum Gasteiger partial charge on any atom is -0.379 e. The van der Waals surface area contributed by atoms with E-state index in [1.54, 1.807) is 12.4 Å². The van der Waals surface area contributed by atoms with Crippen molar-refractivity contribution in [1.29, 1.82) is 0 Å². The van der Waals surface area contributed by atoms with E-state index in [1.165, 1.54) is 0 Å². The van der Waals surface area contributed by atoms with Crippen LogP contribution in [0.2, 0.25) is 5.02 Å². The number of benzene rings is 1. The zero-order chi connectivity index (χ0) is 20.8. The van der Waals surface area contributed by atoms with Gasteiger partial charge in [-0.2, -0.15) is 0 Å². The Bertz CT molecular complexity index is 955. The van der Waals surface area contributed by atoms with Crippen molar-refractivity contribution in [3.8, 4) is 0 Å². The predicted octanol–water partition coefficient (Wildman–Crippen LogP) is 4.60. The molecule has 1 aromatic heterocycles. The number of allylic oxidation sites excluding steroid dienone is 4. The molecule has 2 N–H and O–H groups in total. The Labute approximate surface area is 182 Å². The van der Waals surface area contributed by atoms with Crippen LogP contribution in [0.5, 0.6) is 0 Å². The summed E-state index contributed by atoms with van der Waals surface area (Å²) in [6, 6.07) is 3.84. The van der Waals surface area contributed by atoms with Crippen molar-refractivity contribution in [2.24, 2.45) is 0 Å². The molecule has 1 aliphatic rings. The van der Waals surface area contributed by atoms with Crippen molar-refractivity contribution < 1.29 is 0 Å². The molecule has 0 saturated carbocycles. The van der Waals surface area contributed by atoms with Gasteiger partial charge in [-0.05, 0) is 44.5 Å². The van der Waals surface area contributed by atoms with Gasteiger partial charge in [0.2, 0.25) is 0 Å². The third kappa shape index (κ3) is 5.50. The molecule has 29 heavy (non-hydrogen) atoms. The van der Waals surface area contributed by atoms with Crippen molar-refractivity contribution in [2.75, 3.05) is 26.2 Å². The van der Waals surface area contributed by atoms with E-state index in [9.17, 15) is 0 Å². The molecule has 2 heterocycles. The lowest BCUT2D eigenvalue weighted by atomic mass is 10.1. The number of hydrogen-bond donors (Lipinski definition) is 2. The number of halogens is 2. The van der Waals surface area contributed by atoms with Gasteiger partial charge in [0, 0.05) is 50.1 Å². The first-order chi connectivity index (χ1) is 14.0. The zero-order valence-corrected chi connectivity index (χ0v) is 18.6. The van der Waals surface area contributed by atoms with Gasteiger partial charge in [-0.25, -0.2) is 0 Å². The SMILES string of the molecule is C/C=C(NCc1cc2nccnc2cc1Cl)\C(=C(\Cl)C=C(C)C)N1CCNCC1. The van der Waals surface area contributed by atoms with Gasteiger partial charge >= 0.3 is 0 Å². The fourth-order valence-electron chi connectivity index (χ4n) is 3.34. The maximum Gasteiger partial charge on any atom is 0.0901 e. The molecule has 0 aliphatic carbocycles.